The number of aromatic nitrogens is 1. The van der Waals surface area contributed by atoms with E-state index >= 15 is 0 Å². The molecule has 2 aromatic carbocycles. The quantitative estimate of drug-likeness (QED) is 0.514. The zero-order chi connectivity index (χ0) is 22.0. The molecule has 3 aromatic rings. The van der Waals surface area contributed by atoms with E-state index in [1.54, 1.807) is 21.3 Å². The van der Waals surface area contributed by atoms with Crippen LogP contribution in [-0.2, 0) is 6.54 Å². The molecular weight excluding hydrogens is 392 g/mol. The summed E-state index contributed by atoms with van der Waals surface area (Å²) in [5.74, 6) is 3.84. The maximum atomic E-state index is 6.08. The molecule has 1 aromatic heterocycles. The van der Waals surface area contributed by atoms with Crippen LogP contribution in [0.3, 0.4) is 0 Å². The Morgan fingerprint density at radius 3 is 2.52 bits per heavy atom. The summed E-state index contributed by atoms with van der Waals surface area (Å²) < 4.78 is 22.8. The van der Waals surface area contributed by atoms with Gasteiger partial charge in [0.1, 0.15) is 23.0 Å². The summed E-state index contributed by atoms with van der Waals surface area (Å²) >= 11 is 0. The molecule has 0 unspecified atom stereocenters. The lowest BCUT2D eigenvalue weighted by Gasteiger charge is -2.25. The number of likely N-dealkylation sites (tertiary alicyclic amines) is 1. The topological polar surface area (TPSA) is 57.0 Å². The van der Waals surface area contributed by atoms with E-state index < -0.39 is 0 Å². The van der Waals surface area contributed by atoms with E-state index in [4.69, 9.17) is 23.6 Å². The molecule has 1 atom stereocenters. The molecule has 0 amide bonds. The van der Waals surface area contributed by atoms with Crippen LogP contribution in [0.2, 0.25) is 0 Å². The minimum atomic E-state index is 0.313. The number of rotatable bonds is 7. The third-order valence-corrected chi connectivity index (χ3v) is 6.12. The minimum Gasteiger partial charge on any atom is -0.496 e. The smallest absolute Gasteiger partial charge is 0.230 e. The van der Waals surface area contributed by atoms with Crippen LogP contribution in [0.4, 0.5) is 0 Å². The molecule has 6 heteroatoms. The average molecular weight is 423 g/mol. The monoisotopic (exact) mass is 422 g/mol. The zero-order valence-corrected chi connectivity index (χ0v) is 18.9. The summed E-state index contributed by atoms with van der Waals surface area (Å²) in [4.78, 5) is 7.32. The Kier molecular flexibility index (Phi) is 6.18. The van der Waals surface area contributed by atoms with Crippen molar-refractivity contribution in [3.05, 3.63) is 59.0 Å². The first-order valence-electron chi connectivity index (χ1n) is 10.6. The molecule has 31 heavy (non-hydrogen) atoms. The van der Waals surface area contributed by atoms with Gasteiger partial charge in [0.05, 0.1) is 32.6 Å². The molecule has 1 saturated heterocycles. The highest BCUT2D eigenvalue weighted by Crippen LogP contribution is 2.40. The summed E-state index contributed by atoms with van der Waals surface area (Å²) in [5, 5.41) is 0. The molecule has 0 spiro atoms. The summed E-state index contributed by atoms with van der Waals surface area (Å²) in [6.07, 6.45) is 2.26. The highest BCUT2D eigenvalue weighted by molar-refractivity contribution is 5.68. The van der Waals surface area contributed by atoms with E-state index in [2.05, 4.69) is 17.0 Å². The van der Waals surface area contributed by atoms with Crippen LogP contribution in [0, 0.1) is 13.8 Å². The summed E-state index contributed by atoms with van der Waals surface area (Å²) in [7, 11) is 5.05. The van der Waals surface area contributed by atoms with Gasteiger partial charge < -0.3 is 18.6 Å². The van der Waals surface area contributed by atoms with Crippen molar-refractivity contribution in [3.8, 4) is 28.7 Å². The molecule has 0 N–H and O–H groups in total. The van der Waals surface area contributed by atoms with Crippen LogP contribution in [0.5, 0.6) is 17.2 Å². The summed E-state index contributed by atoms with van der Waals surface area (Å²) in [6.45, 7) is 5.70. The van der Waals surface area contributed by atoms with E-state index in [9.17, 15) is 0 Å². The molecule has 0 bridgehead atoms. The number of nitrogens with zero attached hydrogens (tertiary/aromatic N) is 2. The van der Waals surface area contributed by atoms with Gasteiger partial charge in [0.2, 0.25) is 5.89 Å². The Morgan fingerprint density at radius 2 is 1.77 bits per heavy atom. The van der Waals surface area contributed by atoms with Crippen LogP contribution in [0.15, 0.2) is 40.8 Å². The third-order valence-electron chi connectivity index (χ3n) is 6.12. The third kappa shape index (κ3) is 4.00. The molecule has 0 radical (unpaired) electrons. The Balaban J connectivity index is 1.62. The molecule has 164 valence electrons. The van der Waals surface area contributed by atoms with Crippen LogP contribution in [-0.4, -0.2) is 37.8 Å². The average Bonchev–Trinajstić information content (AvgIpc) is 3.40. The summed E-state index contributed by atoms with van der Waals surface area (Å²) in [6, 6.07) is 12.5. The Hall–Kier alpha value is -2.99. The number of ether oxygens (including phenoxy) is 3. The van der Waals surface area contributed by atoms with Crippen molar-refractivity contribution in [3.63, 3.8) is 0 Å². The fraction of sp³-hybridized carbons (Fsp3) is 0.400. The number of benzene rings is 2. The summed E-state index contributed by atoms with van der Waals surface area (Å²) in [5.41, 5.74) is 3.94. The van der Waals surface area contributed by atoms with Crippen LogP contribution >= 0.6 is 0 Å². The largest absolute Gasteiger partial charge is 0.496 e. The highest BCUT2D eigenvalue weighted by Gasteiger charge is 2.30. The van der Waals surface area contributed by atoms with Crippen molar-refractivity contribution in [2.75, 3.05) is 27.9 Å². The Bertz CT molecular complexity index is 1060. The lowest BCUT2D eigenvalue weighted by atomic mass is 10.0. The molecule has 1 aliphatic heterocycles. The van der Waals surface area contributed by atoms with Crippen LogP contribution in [0.25, 0.3) is 11.5 Å². The maximum Gasteiger partial charge on any atom is 0.230 e. The van der Waals surface area contributed by atoms with Gasteiger partial charge in [-0.2, -0.15) is 0 Å². The second-order valence-corrected chi connectivity index (χ2v) is 7.87. The number of para-hydroxylation sites is 1. The maximum absolute atomic E-state index is 6.08. The van der Waals surface area contributed by atoms with Crippen molar-refractivity contribution in [1.29, 1.82) is 0 Å². The van der Waals surface area contributed by atoms with E-state index in [1.807, 2.05) is 38.1 Å². The first-order valence-corrected chi connectivity index (χ1v) is 10.6. The molecule has 0 saturated carbocycles. The van der Waals surface area contributed by atoms with E-state index in [1.165, 1.54) is 5.56 Å². The zero-order valence-electron chi connectivity index (χ0n) is 18.9. The van der Waals surface area contributed by atoms with Crippen molar-refractivity contribution >= 4 is 0 Å². The number of aryl methyl sites for hydroxylation is 1. The van der Waals surface area contributed by atoms with E-state index in [0.717, 1.165) is 65.8 Å². The predicted octanol–water partition coefficient (Wildman–Crippen LogP) is 5.32. The van der Waals surface area contributed by atoms with Gasteiger partial charge in [-0.25, -0.2) is 4.98 Å². The van der Waals surface area contributed by atoms with Gasteiger partial charge in [0.15, 0.2) is 0 Å². The number of methoxy groups -OCH3 is 3. The van der Waals surface area contributed by atoms with Crippen LogP contribution < -0.4 is 14.2 Å². The minimum absolute atomic E-state index is 0.313. The van der Waals surface area contributed by atoms with Crippen molar-refractivity contribution in [2.45, 2.75) is 39.3 Å². The van der Waals surface area contributed by atoms with Gasteiger partial charge in [-0.1, -0.05) is 18.2 Å². The van der Waals surface area contributed by atoms with Gasteiger partial charge in [-0.05, 0) is 51.4 Å². The van der Waals surface area contributed by atoms with Crippen molar-refractivity contribution in [2.24, 2.45) is 0 Å². The lowest BCUT2D eigenvalue weighted by molar-refractivity contribution is 0.239. The Labute approximate surface area is 183 Å². The lowest BCUT2D eigenvalue weighted by Crippen LogP contribution is -2.23. The Morgan fingerprint density at radius 1 is 1.00 bits per heavy atom. The molecule has 4 rings (SSSR count). The van der Waals surface area contributed by atoms with E-state index in [-0.39, 0.29) is 0 Å². The second kappa shape index (κ2) is 9.02. The molecule has 2 heterocycles. The number of oxazole rings is 1. The SMILES string of the molecule is COc1ccccc1[C@@H]1CCCN1Cc1nc(-c2ccc(OC)c(C)c2OC)oc1C. The van der Waals surface area contributed by atoms with E-state index in [0.29, 0.717) is 11.9 Å². The van der Waals surface area contributed by atoms with Gasteiger partial charge in [-0.15, -0.1) is 0 Å². The highest BCUT2D eigenvalue weighted by atomic mass is 16.5. The van der Waals surface area contributed by atoms with Gasteiger partial charge in [0.25, 0.3) is 0 Å². The first kappa shape index (κ1) is 21.2. The normalized spacial score (nSPS) is 16.5. The predicted molar refractivity (Wildman–Crippen MR) is 120 cm³/mol. The van der Waals surface area contributed by atoms with Crippen LogP contribution in [0.1, 0.15) is 41.5 Å². The molecular formula is C25H30N2O4. The van der Waals surface area contributed by atoms with Crippen molar-refractivity contribution in [1.82, 2.24) is 9.88 Å². The second-order valence-electron chi connectivity index (χ2n) is 7.87. The first-order chi connectivity index (χ1) is 15.1. The van der Waals surface area contributed by atoms with Gasteiger partial charge in [0, 0.05) is 23.7 Å². The van der Waals surface area contributed by atoms with Gasteiger partial charge in [-0.3, -0.25) is 4.90 Å². The molecule has 1 fully saturated rings. The molecule has 1 aliphatic rings. The molecule has 0 aliphatic carbocycles. The standard InChI is InChI=1S/C25H30N2O4/c1-16-22(28-3)13-12-19(24(16)30-5)25-26-20(17(2)31-25)15-27-14-8-10-21(27)18-9-6-7-11-23(18)29-4/h6-7,9,11-13,21H,8,10,14-15H2,1-5H3/t21-/m0/s1. The van der Waals surface area contributed by atoms with Crippen molar-refractivity contribution < 1.29 is 18.6 Å². The fourth-order valence-corrected chi connectivity index (χ4v) is 4.52. The fourth-order valence-electron chi connectivity index (χ4n) is 4.52. The molecule has 6 nitrogen and oxygen atoms in total. The number of hydrogen-bond donors (Lipinski definition) is 0. The number of hydrogen-bond acceptors (Lipinski definition) is 6. The van der Waals surface area contributed by atoms with Gasteiger partial charge >= 0.3 is 0 Å².